The van der Waals surface area contributed by atoms with Crippen LogP contribution in [0.2, 0.25) is 5.02 Å². The summed E-state index contributed by atoms with van der Waals surface area (Å²) < 4.78 is 17.9. The van der Waals surface area contributed by atoms with E-state index >= 15 is 0 Å². The lowest BCUT2D eigenvalue weighted by Crippen LogP contribution is -2.30. The van der Waals surface area contributed by atoms with Gasteiger partial charge in [0, 0.05) is 12.4 Å². The molecule has 1 amide bonds. The van der Waals surface area contributed by atoms with Crippen molar-refractivity contribution in [2.75, 3.05) is 5.32 Å². The topological polar surface area (TPSA) is 81.2 Å². The molecule has 2 rings (SSSR count). The average Bonchev–Trinajstić information content (AvgIpc) is 2.50. The smallest absolute Gasteiger partial charge is 0.359 e. The number of benzene rings is 1. The molecule has 1 aromatic carbocycles. The lowest BCUT2D eigenvalue weighted by Gasteiger charge is -2.13. The highest BCUT2D eigenvalue weighted by Gasteiger charge is 2.20. The van der Waals surface area contributed by atoms with E-state index in [1.165, 1.54) is 31.6 Å². The fourth-order valence-corrected chi connectivity index (χ4v) is 1.72. The van der Waals surface area contributed by atoms with Crippen LogP contribution in [0.5, 0.6) is 0 Å². The number of halogens is 2. The molecular weight excluding hydrogens is 313 g/mol. The summed E-state index contributed by atoms with van der Waals surface area (Å²) in [5.41, 5.74) is 0.206. The third-order valence-corrected chi connectivity index (χ3v) is 2.93. The zero-order valence-electron chi connectivity index (χ0n) is 11.4. The first-order valence-corrected chi connectivity index (χ1v) is 6.58. The SMILES string of the molecule is C[C@@H](OC(=O)c1cnccn1)C(=O)Nc1ccc(F)cc1Cl. The van der Waals surface area contributed by atoms with Crippen LogP contribution in [0, 0.1) is 5.82 Å². The van der Waals surface area contributed by atoms with Gasteiger partial charge in [-0.25, -0.2) is 14.2 Å². The monoisotopic (exact) mass is 323 g/mol. The molecule has 2 aromatic rings. The normalized spacial score (nSPS) is 11.6. The van der Waals surface area contributed by atoms with Crippen LogP contribution in [0.25, 0.3) is 0 Å². The van der Waals surface area contributed by atoms with Crippen LogP contribution in [0.1, 0.15) is 17.4 Å². The van der Waals surface area contributed by atoms with Crippen molar-refractivity contribution in [2.24, 2.45) is 0 Å². The number of nitrogens with one attached hydrogen (secondary N) is 1. The standard InChI is InChI=1S/C14H11ClFN3O3/c1-8(22-14(21)12-7-17-4-5-18-12)13(20)19-11-3-2-9(16)6-10(11)15/h2-8H,1H3,(H,19,20)/t8-/m1/s1. The second-order valence-electron chi connectivity index (χ2n) is 4.25. The molecule has 1 heterocycles. The van der Waals surface area contributed by atoms with Crippen molar-refractivity contribution >= 4 is 29.2 Å². The molecule has 1 atom stereocenters. The molecule has 114 valence electrons. The van der Waals surface area contributed by atoms with E-state index < -0.39 is 23.8 Å². The number of amides is 1. The number of aromatic nitrogens is 2. The predicted molar refractivity (Wildman–Crippen MR) is 76.9 cm³/mol. The van der Waals surface area contributed by atoms with Crippen molar-refractivity contribution in [1.29, 1.82) is 0 Å². The van der Waals surface area contributed by atoms with E-state index in [-0.39, 0.29) is 16.4 Å². The van der Waals surface area contributed by atoms with Gasteiger partial charge in [0.15, 0.2) is 11.8 Å². The highest BCUT2D eigenvalue weighted by Crippen LogP contribution is 2.22. The molecule has 0 unspecified atom stereocenters. The Balaban J connectivity index is 1.99. The summed E-state index contributed by atoms with van der Waals surface area (Å²) >= 11 is 5.80. The molecule has 0 aliphatic carbocycles. The van der Waals surface area contributed by atoms with Crippen LogP contribution < -0.4 is 5.32 Å². The van der Waals surface area contributed by atoms with Gasteiger partial charge in [-0.3, -0.25) is 9.78 Å². The third-order valence-electron chi connectivity index (χ3n) is 2.61. The van der Waals surface area contributed by atoms with Gasteiger partial charge in [0.1, 0.15) is 5.82 Å². The minimum absolute atomic E-state index is 0.0121. The first-order chi connectivity index (χ1) is 10.5. The van der Waals surface area contributed by atoms with Crippen molar-refractivity contribution in [3.63, 3.8) is 0 Å². The molecule has 0 radical (unpaired) electrons. The number of carbonyl (C=O) groups is 2. The molecule has 0 aliphatic rings. The van der Waals surface area contributed by atoms with E-state index in [1.54, 1.807) is 0 Å². The Kier molecular flexibility index (Phi) is 5.00. The van der Waals surface area contributed by atoms with Crippen molar-refractivity contribution in [1.82, 2.24) is 9.97 Å². The van der Waals surface area contributed by atoms with Crippen LogP contribution >= 0.6 is 11.6 Å². The minimum Gasteiger partial charge on any atom is -0.448 e. The van der Waals surface area contributed by atoms with E-state index in [9.17, 15) is 14.0 Å². The first-order valence-electron chi connectivity index (χ1n) is 6.20. The number of anilines is 1. The van der Waals surface area contributed by atoms with Gasteiger partial charge in [-0.2, -0.15) is 0 Å². The van der Waals surface area contributed by atoms with Crippen molar-refractivity contribution in [3.8, 4) is 0 Å². The Morgan fingerprint density at radius 3 is 2.77 bits per heavy atom. The van der Waals surface area contributed by atoms with Gasteiger partial charge >= 0.3 is 5.97 Å². The van der Waals surface area contributed by atoms with Crippen LogP contribution in [-0.4, -0.2) is 27.9 Å². The van der Waals surface area contributed by atoms with Gasteiger partial charge in [-0.1, -0.05) is 11.6 Å². The van der Waals surface area contributed by atoms with E-state index in [0.717, 1.165) is 12.1 Å². The summed E-state index contributed by atoms with van der Waals surface area (Å²) in [6, 6.07) is 3.53. The molecule has 1 aromatic heterocycles. The maximum atomic E-state index is 12.9. The van der Waals surface area contributed by atoms with Gasteiger partial charge in [0.2, 0.25) is 0 Å². The Hall–Kier alpha value is -2.54. The quantitative estimate of drug-likeness (QED) is 0.874. The highest BCUT2D eigenvalue weighted by molar-refractivity contribution is 6.33. The van der Waals surface area contributed by atoms with E-state index in [0.29, 0.717) is 0 Å². The van der Waals surface area contributed by atoms with E-state index in [2.05, 4.69) is 15.3 Å². The fraction of sp³-hybridized carbons (Fsp3) is 0.143. The summed E-state index contributed by atoms with van der Waals surface area (Å²) in [6.45, 7) is 1.39. The number of hydrogen-bond donors (Lipinski definition) is 1. The molecule has 0 saturated heterocycles. The lowest BCUT2D eigenvalue weighted by atomic mass is 10.3. The highest BCUT2D eigenvalue weighted by atomic mass is 35.5. The largest absolute Gasteiger partial charge is 0.448 e. The predicted octanol–water partition coefficient (Wildman–Crippen LogP) is 2.45. The molecule has 22 heavy (non-hydrogen) atoms. The van der Waals surface area contributed by atoms with Crippen molar-refractivity contribution in [2.45, 2.75) is 13.0 Å². The molecule has 0 spiro atoms. The molecule has 6 nitrogen and oxygen atoms in total. The van der Waals surface area contributed by atoms with E-state index in [1.807, 2.05) is 0 Å². The molecule has 0 fully saturated rings. The van der Waals surface area contributed by atoms with Gasteiger partial charge in [0.25, 0.3) is 5.91 Å². The Morgan fingerprint density at radius 1 is 1.36 bits per heavy atom. The molecule has 1 N–H and O–H groups in total. The van der Waals surface area contributed by atoms with Crippen LogP contribution in [0.4, 0.5) is 10.1 Å². The second-order valence-corrected chi connectivity index (χ2v) is 4.66. The fourth-order valence-electron chi connectivity index (χ4n) is 1.50. The number of carbonyl (C=O) groups excluding carboxylic acids is 2. The molecule has 0 saturated carbocycles. The molecule has 0 aliphatic heterocycles. The van der Waals surface area contributed by atoms with Crippen LogP contribution in [0.3, 0.4) is 0 Å². The third kappa shape index (κ3) is 3.98. The van der Waals surface area contributed by atoms with E-state index in [4.69, 9.17) is 16.3 Å². The number of nitrogens with zero attached hydrogens (tertiary/aromatic N) is 2. The first kappa shape index (κ1) is 15.8. The molecule has 0 bridgehead atoms. The van der Waals surface area contributed by atoms with Gasteiger partial charge in [0.05, 0.1) is 16.9 Å². The summed E-state index contributed by atoms with van der Waals surface area (Å²) in [7, 11) is 0. The summed E-state index contributed by atoms with van der Waals surface area (Å²) in [5, 5.41) is 2.49. The summed E-state index contributed by atoms with van der Waals surface area (Å²) in [4.78, 5) is 31.2. The molecular formula is C14H11ClFN3O3. The second kappa shape index (κ2) is 6.95. The minimum atomic E-state index is -1.09. The van der Waals surface area contributed by atoms with Crippen LogP contribution in [-0.2, 0) is 9.53 Å². The average molecular weight is 324 g/mol. The van der Waals surface area contributed by atoms with Gasteiger partial charge in [-0.15, -0.1) is 0 Å². The zero-order chi connectivity index (χ0) is 16.1. The number of rotatable bonds is 4. The van der Waals surface area contributed by atoms with Crippen molar-refractivity contribution < 1.29 is 18.7 Å². The zero-order valence-corrected chi connectivity index (χ0v) is 12.2. The lowest BCUT2D eigenvalue weighted by molar-refractivity contribution is -0.123. The van der Waals surface area contributed by atoms with Crippen LogP contribution in [0.15, 0.2) is 36.8 Å². The van der Waals surface area contributed by atoms with Gasteiger partial charge < -0.3 is 10.1 Å². The maximum absolute atomic E-state index is 12.9. The summed E-state index contributed by atoms with van der Waals surface area (Å²) in [6.07, 6.45) is 2.88. The number of esters is 1. The maximum Gasteiger partial charge on any atom is 0.359 e. The number of ether oxygens (including phenoxy) is 1. The Bertz CT molecular complexity index is 697. The van der Waals surface area contributed by atoms with Gasteiger partial charge in [-0.05, 0) is 25.1 Å². The Morgan fingerprint density at radius 2 is 2.14 bits per heavy atom. The Labute approximate surface area is 130 Å². The number of hydrogen-bond acceptors (Lipinski definition) is 5. The summed E-state index contributed by atoms with van der Waals surface area (Å²) in [5.74, 6) is -1.91. The van der Waals surface area contributed by atoms with Crippen molar-refractivity contribution in [3.05, 3.63) is 53.3 Å². The molecule has 8 heteroatoms.